The number of anilines is 3. The number of halogens is 3. The topological polar surface area (TPSA) is 74.0 Å². The first-order chi connectivity index (χ1) is 30.7. The lowest BCUT2D eigenvalue weighted by Gasteiger charge is -2.73. The molecule has 0 spiro atoms. The van der Waals surface area contributed by atoms with E-state index >= 15 is 0 Å². The number of carbonyl (C=O) groups is 2. The van der Waals surface area contributed by atoms with E-state index in [1.165, 1.54) is 30.5 Å². The summed E-state index contributed by atoms with van der Waals surface area (Å²) in [5.41, 5.74) is 4.99. The second-order valence-electron chi connectivity index (χ2n) is 23.2. The maximum Gasteiger partial charge on any atom is 0.372 e. The van der Waals surface area contributed by atoms with Gasteiger partial charge in [0.1, 0.15) is 6.10 Å². The van der Waals surface area contributed by atoms with Gasteiger partial charge in [-0.05, 0) is 116 Å². The van der Waals surface area contributed by atoms with Crippen molar-refractivity contribution in [2.75, 3.05) is 63.6 Å². The molecule has 3 aromatic rings. The zero-order valence-corrected chi connectivity index (χ0v) is 47.7. The molecule has 0 radical (unpaired) electrons. The van der Waals surface area contributed by atoms with Crippen LogP contribution >= 0.6 is 0 Å². The fraction of sp³-hybridized carbons (Fsp3) is 0.655. The van der Waals surface area contributed by atoms with E-state index in [1.807, 2.05) is 86.4 Å². The predicted octanol–water partition coefficient (Wildman–Crippen LogP) is -0.748. The third-order valence-corrected chi connectivity index (χ3v) is 19.0. The molecular formula is C55H81Br3N6O4. The molecule has 0 amide bonds. The van der Waals surface area contributed by atoms with Crippen LogP contribution in [-0.2, 0) is 38.7 Å². The lowest BCUT2D eigenvalue weighted by molar-refractivity contribution is -0.689. The molecule has 8 rings (SSSR count). The SMILES string of the molecule is C=C(C[n+]1ccc(N(C)C)cc1)[C@@H]1CC[C@]2(COC(=O)C[n+]3ccc(N(C)C)cc3)CC[C@]3(C)[C@H](CC[C@@H]4[C@@]5(C)CC[C@H](OC(=O)C[n+]6ccc(N(C)C)cc6)C(C)(C)[C@@H]5CC[C@]43C)[C@@H]12.[Br-].[Br-].[Br-]. The molecule has 10 nitrogen and oxygen atoms in total. The van der Waals surface area contributed by atoms with Crippen molar-refractivity contribution in [3.63, 3.8) is 0 Å². The molecule has 3 heterocycles. The molecule has 5 aliphatic carbocycles. The molecule has 0 unspecified atom stereocenters. The first kappa shape index (κ1) is 55.9. The number of esters is 2. The molecule has 5 aliphatic rings. The van der Waals surface area contributed by atoms with Gasteiger partial charge in [0.2, 0.25) is 13.1 Å². The van der Waals surface area contributed by atoms with Gasteiger partial charge < -0.3 is 75.1 Å². The van der Waals surface area contributed by atoms with Crippen LogP contribution in [-0.4, -0.2) is 66.9 Å². The summed E-state index contributed by atoms with van der Waals surface area (Å²) in [6.07, 6.45) is 23.4. The minimum atomic E-state index is -0.156. The number of nitrogens with zero attached hydrogens (tertiary/aromatic N) is 6. The van der Waals surface area contributed by atoms with E-state index < -0.39 is 0 Å². The van der Waals surface area contributed by atoms with Gasteiger partial charge in [0.05, 0.1) is 6.61 Å². The summed E-state index contributed by atoms with van der Waals surface area (Å²) in [4.78, 5) is 33.5. The Hall–Kier alpha value is -3.03. The van der Waals surface area contributed by atoms with Gasteiger partial charge in [-0.15, -0.1) is 0 Å². The van der Waals surface area contributed by atoms with Gasteiger partial charge in [-0.1, -0.05) is 41.2 Å². The summed E-state index contributed by atoms with van der Waals surface area (Å²) in [6.45, 7) is 19.4. The van der Waals surface area contributed by atoms with E-state index in [0.717, 1.165) is 62.9 Å². The number of allylic oxidation sites excluding steroid dienone is 1. The van der Waals surface area contributed by atoms with Gasteiger partial charge in [0, 0.05) is 107 Å². The summed E-state index contributed by atoms with van der Waals surface area (Å²) in [5, 5.41) is 0. The Morgan fingerprint density at radius 1 is 0.588 bits per heavy atom. The Morgan fingerprint density at radius 3 is 1.60 bits per heavy atom. The summed E-state index contributed by atoms with van der Waals surface area (Å²) in [6, 6.07) is 12.6. The monoisotopic (exact) mass is 1130 g/mol. The highest BCUT2D eigenvalue weighted by Gasteiger charge is 2.71. The van der Waals surface area contributed by atoms with Crippen LogP contribution in [0.4, 0.5) is 17.1 Å². The fourth-order valence-electron chi connectivity index (χ4n) is 15.3. The Morgan fingerprint density at radius 2 is 1.09 bits per heavy atom. The molecule has 13 heteroatoms. The number of aromatic nitrogens is 3. The van der Waals surface area contributed by atoms with Crippen molar-refractivity contribution in [2.45, 2.75) is 125 Å². The lowest BCUT2D eigenvalue weighted by atomic mass is 9.32. The van der Waals surface area contributed by atoms with Crippen molar-refractivity contribution < 1.29 is 83.7 Å². The molecule has 0 N–H and O–H groups in total. The van der Waals surface area contributed by atoms with Crippen LogP contribution < -0.4 is 79.3 Å². The van der Waals surface area contributed by atoms with Crippen LogP contribution in [0.1, 0.15) is 98.8 Å². The summed E-state index contributed by atoms with van der Waals surface area (Å²) in [5.74, 6) is 2.05. The number of carbonyl (C=O) groups excluding carboxylic acids is 2. The third kappa shape index (κ3) is 10.2. The van der Waals surface area contributed by atoms with Crippen molar-refractivity contribution in [3.8, 4) is 0 Å². The Bertz CT molecular complexity index is 2220. The van der Waals surface area contributed by atoms with Crippen LogP contribution in [0.3, 0.4) is 0 Å². The second kappa shape index (κ2) is 21.4. The Labute approximate surface area is 440 Å². The normalized spacial score (nSPS) is 31.9. The molecule has 0 aromatic carbocycles. The van der Waals surface area contributed by atoms with Crippen LogP contribution in [0, 0.1) is 56.7 Å². The van der Waals surface area contributed by atoms with Crippen molar-refractivity contribution in [1.82, 2.24) is 0 Å². The zero-order chi connectivity index (χ0) is 46.7. The molecule has 376 valence electrons. The van der Waals surface area contributed by atoms with Crippen LogP contribution in [0.25, 0.3) is 0 Å². The van der Waals surface area contributed by atoms with E-state index in [0.29, 0.717) is 36.2 Å². The number of fused-ring (bicyclic) bond motifs is 7. The van der Waals surface area contributed by atoms with E-state index in [-0.39, 0.29) is 109 Å². The van der Waals surface area contributed by atoms with Gasteiger partial charge in [-0.25, -0.2) is 14.2 Å². The van der Waals surface area contributed by atoms with E-state index in [9.17, 15) is 9.59 Å². The largest absolute Gasteiger partial charge is 1.00 e. The summed E-state index contributed by atoms with van der Waals surface area (Å²) >= 11 is 0. The van der Waals surface area contributed by atoms with E-state index in [1.54, 1.807) is 0 Å². The number of pyridine rings is 3. The average molecular weight is 1130 g/mol. The number of hydrogen-bond donors (Lipinski definition) is 0. The molecule has 5 saturated carbocycles. The van der Waals surface area contributed by atoms with E-state index in [2.05, 4.69) is 92.5 Å². The highest BCUT2D eigenvalue weighted by molar-refractivity contribution is 5.68. The van der Waals surface area contributed by atoms with E-state index in [4.69, 9.17) is 16.1 Å². The fourth-order valence-corrected chi connectivity index (χ4v) is 15.3. The Kier molecular flexibility index (Phi) is 17.6. The quantitative estimate of drug-likeness (QED) is 0.127. The molecule has 10 atom stereocenters. The molecule has 0 aliphatic heterocycles. The second-order valence-corrected chi connectivity index (χ2v) is 23.2. The summed E-state index contributed by atoms with van der Waals surface area (Å²) in [7, 11) is 12.3. The molecule has 5 fully saturated rings. The minimum absolute atomic E-state index is 0. The molecule has 0 bridgehead atoms. The van der Waals surface area contributed by atoms with Gasteiger partial charge >= 0.3 is 11.9 Å². The van der Waals surface area contributed by atoms with Gasteiger partial charge in [0.25, 0.3) is 0 Å². The summed E-state index contributed by atoms with van der Waals surface area (Å²) < 4.78 is 19.1. The maximum absolute atomic E-state index is 13.7. The van der Waals surface area contributed by atoms with Crippen molar-refractivity contribution >= 4 is 29.0 Å². The van der Waals surface area contributed by atoms with Crippen LogP contribution in [0.15, 0.2) is 85.7 Å². The van der Waals surface area contributed by atoms with Gasteiger partial charge in [0.15, 0.2) is 43.7 Å². The van der Waals surface area contributed by atoms with Gasteiger partial charge in [-0.3, -0.25) is 0 Å². The zero-order valence-electron chi connectivity index (χ0n) is 42.9. The average Bonchev–Trinajstić information content (AvgIpc) is 3.65. The minimum Gasteiger partial charge on any atom is -1.00 e. The van der Waals surface area contributed by atoms with Crippen LogP contribution in [0.5, 0.6) is 0 Å². The number of hydrogen-bond acceptors (Lipinski definition) is 7. The first-order valence-electron chi connectivity index (χ1n) is 24.7. The first-order valence-corrected chi connectivity index (χ1v) is 24.7. The maximum atomic E-state index is 13.7. The highest BCUT2D eigenvalue weighted by Crippen LogP contribution is 2.77. The standard InChI is InChI=1S/C55H81N6O4.3BrH/c1-39(35-59-29-18-40(19-30-59)56(7)8)43-15-26-55(38-64-48(62)36-60-31-20-41(21-32-60)57(9)10)28-27-53(5)44(50(43)55)13-14-46-52(4)24-17-47(51(2,3)45(52)16-25-54(46,53)6)65-49(63)37-61-33-22-42(23-34-61)58(11)12;;;/h18-23,29-34,43-47,50H,1,13-17,24-28,35-38H2,2-12H3;3*1H/q+3;;;/p-3/t43-,44+,45-,46+,47-,50+,52-,53+,54+,55+;;;/m0.../s1. The molecule has 3 aromatic heterocycles. The third-order valence-electron chi connectivity index (χ3n) is 19.0. The number of rotatable bonds is 13. The number of ether oxygens (including phenoxy) is 2. The van der Waals surface area contributed by atoms with Gasteiger partial charge in [-0.2, -0.15) is 9.13 Å². The Balaban J connectivity index is 0.00000288. The highest BCUT2D eigenvalue weighted by atomic mass is 79.9. The van der Waals surface area contributed by atoms with Crippen LogP contribution in [0.2, 0.25) is 0 Å². The van der Waals surface area contributed by atoms with Crippen molar-refractivity contribution in [1.29, 1.82) is 0 Å². The molecule has 68 heavy (non-hydrogen) atoms. The smallest absolute Gasteiger partial charge is 0.372 e. The van der Waals surface area contributed by atoms with Crippen molar-refractivity contribution in [3.05, 3.63) is 85.7 Å². The van der Waals surface area contributed by atoms with Crippen molar-refractivity contribution in [2.24, 2.45) is 56.7 Å². The molecular weight excluding hydrogens is 1050 g/mol. The lowest BCUT2D eigenvalue weighted by Crippen LogP contribution is -3.00. The predicted molar refractivity (Wildman–Crippen MR) is 257 cm³/mol. The molecule has 0 saturated heterocycles.